The second-order valence-electron chi connectivity index (χ2n) is 7.74. The number of rotatable bonds is 9. The van der Waals surface area contributed by atoms with Crippen molar-refractivity contribution in [1.82, 2.24) is 9.27 Å². The Morgan fingerprint density at radius 3 is 2.80 bits per heavy atom. The number of hydrogen-bond acceptors (Lipinski definition) is 6. The van der Waals surface area contributed by atoms with E-state index in [9.17, 15) is 4.79 Å². The molecule has 3 aromatic rings. The second-order valence-corrected chi connectivity index (χ2v) is 8.54. The fourth-order valence-corrected chi connectivity index (χ4v) is 5.01. The Labute approximate surface area is 181 Å². The van der Waals surface area contributed by atoms with Crippen molar-refractivity contribution in [2.24, 2.45) is 0 Å². The molecule has 0 amide bonds. The lowest BCUT2D eigenvalue weighted by atomic mass is 9.91. The van der Waals surface area contributed by atoms with E-state index >= 15 is 0 Å². The quantitative estimate of drug-likeness (QED) is 0.368. The van der Waals surface area contributed by atoms with Gasteiger partial charge in [-0.2, -0.15) is 4.37 Å². The number of aromatic nitrogens is 1. The summed E-state index contributed by atoms with van der Waals surface area (Å²) >= 11 is 1.62. The van der Waals surface area contributed by atoms with Crippen molar-refractivity contribution in [3.63, 3.8) is 0 Å². The van der Waals surface area contributed by atoms with Gasteiger partial charge in [-0.25, -0.2) is 0 Å². The summed E-state index contributed by atoms with van der Waals surface area (Å²) in [5, 5.41) is 1.34. The lowest BCUT2D eigenvalue weighted by molar-refractivity contribution is -0.107. The number of hydrogen-bond donors (Lipinski definition) is 0. The van der Waals surface area contributed by atoms with Crippen LogP contribution in [0.3, 0.4) is 0 Å². The van der Waals surface area contributed by atoms with Gasteiger partial charge in [0.15, 0.2) is 11.5 Å². The van der Waals surface area contributed by atoms with Crippen LogP contribution in [0.25, 0.3) is 10.1 Å². The Kier molecular flexibility index (Phi) is 6.97. The van der Waals surface area contributed by atoms with Gasteiger partial charge in [-0.1, -0.05) is 24.3 Å². The molecule has 2 aromatic carbocycles. The van der Waals surface area contributed by atoms with Gasteiger partial charge in [0.2, 0.25) is 0 Å². The van der Waals surface area contributed by atoms with Crippen LogP contribution in [0.1, 0.15) is 36.4 Å². The fourth-order valence-electron chi connectivity index (χ4n) is 4.15. The van der Waals surface area contributed by atoms with Crippen LogP contribution in [0, 0.1) is 0 Å². The number of fused-ring (bicyclic) bond motifs is 1. The van der Waals surface area contributed by atoms with Crippen LogP contribution in [0.4, 0.5) is 0 Å². The maximum Gasteiger partial charge on any atom is 0.161 e. The summed E-state index contributed by atoms with van der Waals surface area (Å²) in [6, 6.07) is 14.2. The maximum atomic E-state index is 10.7. The van der Waals surface area contributed by atoms with Gasteiger partial charge in [0.05, 0.1) is 24.1 Å². The summed E-state index contributed by atoms with van der Waals surface area (Å²) in [6.07, 6.45) is 4.60. The highest BCUT2D eigenvalue weighted by molar-refractivity contribution is 7.13. The van der Waals surface area contributed by atoms with Gasteiger partial charge in [0.1, 0.15) is 6.29 Å². The van der Waals surface area contributed by atoms with Crippen LogP contribution in [-0.2, 0) is 11.2 Å². The summed E-state index contributed by atoms with van der Waals surface area (Å²) in [4.78, 5) is 13.2. The number of aldehydes is 1. The minimum Gasteiger partial charge on any atom is -0.493 e. The van der Waals surface area contributed by atoms with E-state index < -0.39 is 0 Å². The monoisotopic (exact) mass is 424 g/mol. The van der Waals surface area contributed by atoms with Crippen LogP contribution in [0.15, 0.2) is 42.5 Å². The Morgan fingerprint density at radius 2 is 2.00 bits per heavy atom. The van der Waals surface area contributed by atoms with Crippen LogP contribution in [0.5, 0.6) is 11.5 Å². The number of ether oxygens (including phenoxy) is 2. The molecule has 0 aliphatic carbocycles. The summed E-state index contributed by atoms with van der Waals surface area (Å²) in [5.74, 6) is 2.00. The third-order valence-corrected chi connectivity index (χ3v) is 6.64. The summed E-state index contributed by atoms with van der Waals surface area (Å²) in [7, 11) is 1.63. The van der Waals surface area contributed by atoms with E-state index in [0.29, 0.717) is 24.7 Å². The lowest BCUT2D eigenvalue weighted by Gasteiger charge is -2.31. The minimum atomic E-state index is 0.392. The first-order valence-corrected chi connectivity index (χ1v) is 11.4. The van der Waals surface area contributed by atoms with Gasteiger partial charge >= 0.3 is 0 Å². The molecular weight excluding hydrogens is 396 g/mol. The molecule has 0 N–H and O–H groups in total. The number of carbonyl (C=O) groups is 1. The average molecular weight is 425 g/mol. The molecule has 1 aromatic heterocycles. The van der Waals surface area contributed by atoms with Crippen molar-refractivity contribution < 1.29 is 14.3 Å². The van der Waals surface area contributed by atoms with Gasteiger partial charge < -0.3 is 19.2 Å². The van der Waals surface area contributed by atoms with Gasteiger partial charge in [-0.05, 0) is 67.6 Å². The van der Waals surface area contributed by atoms with Crippen LogP contribution in [0.2, 0.25) is 0 Å². The fraction of sp³-hybridized carbons (Fsp3) is 0.417. The standard InChI is InChI=1S/C24H28N2O3S/c1-28-22-17-18(11-15-27)7-8-21(22)29-16-4-12-26-13-9-19(10-14-26)24-20-5-2-3-6-23(20)30-25-24/h2-3,5-8,15,17,19H,4,9-14,16H2,1H3. The lowest BCUT2D eigenvalue weighted by Crippen LogP contribution is -2.34. The van der Waals surface area contributed by atoms with E-state index in [1.54, 1.807) is 18.6 Å². The van der Waals surface area contributed by atoms with Crippen LogP contribution >= 0.6 is 11.5 Å². The molecule has 1 aliphatic rings. The van der Waals surface area contributed by atoms with Crippen molar-refractivity contribution in [1.29, 1.82) is 0 Å². The van der Waals surface area contributed by atoms with Gasteiger partial charge in [0, 0.05) is 24.3 Å². The smallest absolute Gasteiger partial charge is 0.161 e. The molecule has 6 heteroatoms. The molecule has 4 rings (SSSR count). The van der Waals surface area contributed by atoms with Crippen LogP contribution in [-0.4, -0.2) is 48.9 Å². The summed E-state index contributed by atoms with van der Waals surface area (Å²) in [5.41, 5.74) is 2.23. The molecule has 1 aliphatic heterocycles. The molecule has 1 fully saturated rings. The summed E-state index contributed by atoms with van der Waals surface area (Å²) in [6.45, 7) is 3.91. The SMILES string of the molecule is COc1cc(CC=O)ccc1OCCCN1CCC(c2nsc3ccccc23)CC1. The van der Waals surface area contributed by atoms with Gasteiger partial charge in [0.25, 0.3) is 0 Å². The molecule has 158 valence electrons. The first kappa shape index (κ1) is 20.8. The van der Waals surface area contributed by atoms with E-state index in [1.165, 1.54) is 28.6 Å². The third-order valence-electron chi connectivity index (χ3n) is 5.80. The van der Waals surface area contributed by atoms with Crippen molar-refractivity contribution in [2.75, 3.05) is 33.4 Å². The van der Waals surface area contributed by atoms with Crippen molar-refractivity contribution in [2.45, 2.75) is 31.6 Å². The van der Waals surface area contributed by atoms with E-state index in [4.69, 9.17) is 13.8 Å². The Bertz CT molecular complexity index is 979. The van der Waals surface area contributed by atoms with Crippen LogP contribution < -0.4 is 9.47 Å². The maximum absolute atomic E-state index is 10.7. The number of likely N-dealkylation sites (tertiary alicyclic amines) is 1. The van der Waals surface area contributed by atoms with E-state index in [2.05, 4.69) is 29.2 Å². The number of carbonyl (C=O) groups excluding carboxylic acids is 1. The molecule has 0 radical (unpaired) electrons. The molecular formula is C24H28N2O3S. The van der Waals surface area contributed by atoms with E-state index in [-0.39, 0.29) is 0 Å². The van der Waals surface area contributed by atoms with Crippen molar-refractivity contribution in [3.05, 3.63) is 53.7 Å². The van der Waals surface area contributed by atoms with Gasteiger partial charge in [-0.3, -0.25) is 0 Å². The van der Waals surface area contributed by atoms with E-state index in [1.807, 2.05) is 18.2 Å². The molecule has 0 unspecified atom stereocenters. The highest BCUT2D eigenvalue weighted by Crippen LogP contribution is 2.34. The molecule has 0 spiro atoms. The molecule has 0 saturated carbocycles. The van der Waals surface area contributed by atoms with Crippen molar-refractivity contribution >= 4 is 27.9 Å². The third kappa shape index (κ3) is 4.82. The number of nitrogens with zero attached hydrogens (tertiary/aromatic N) is 2. The van der Waals surface area contributed by atoms with Gasteiger partial charge in [-0.15, -0.1) is 0 Å². The first-order chi connectivity index (χ1) is 14.8. The Balaban J connectivity index is 1.22. The number of benzene rings is 2. The predicted molar refractivity (Wildman–Crippen MR) is 121 cm³/mol. The second kappa shape index (κ2) is 10.0. The zero-order chi connectivity index (χ0) is 20.8. The normalized spacial score (nSPS) is 15.4. The highest BCUT2D eigenvalue weighted by atomic mass is 32.1. The number of methoxy groups -OCH3 is 1. The molecule has 30 heavy (non-hydrogen) atoms. The largest absolute Gasteiger partial charge is 0.493 e. The Morgan fingerprint density at radius 1 is 1.17 bits per heavy atom. The topological polar surface area (TPSA) is 51.7 Å². The zero-order valence-electron chi connectivity index (χ0n) is 17.4. The van der Waals surface area contributed by atoms with E-state index in [0.717, 1.165) is 43.7 Å². The molecule has 0 atom stereocenters. The highest BCUT2D eigenvalue weighted by Gasteiger charge is 2.23. The zero-order valence-corrected chi connectivity index (χ0v) is 18.2. The Hall–Kier alpha value is -2.44. The molecule has 0 bridgehead atoms. The molecule has 5 nitrogen and oxygen atoms in total. The number of piperidine rings is 1. The molecule has 2 heterocycles. The predicted octanol–water partition coefficient (Wildman–Crippen LogP) is 4.69. The minimum absolute atomic E-state index is 0.392. The average Bonchev–Trinajstić information content (AvgIpc) is 3.22. The van der Waals surface area contributed by atoms with Crippen molar-refractivity contribution in [3.8, 4) is 11.5 Å². The molecule has 1 saturated heterocycles. The first-order valence-electron chi connectivity index (χ1n) is 10.6. The summed E-state index contributed by atoms with van der Waals surface area (Å²) < 4.78 is 17.4.